The number of benzene rings is 1. The van der Waals surface area contributed by atoms with Gasteiger partial charge in [0.25, 0.3) is 0 Å². The summed E-state index contributed by atoms with van der Waals surface area (Å²) in [5.74, 6) is 4.73. The molecule has 1 saturated heterocycles. The average molecular weight is 397 g/mol. The van der Waals surface area contributed by atoms with Crippen LogP contribution in [0.15, 0.2) is 23.2 Å². The summed E-state index contributed by atoms with van der Waals surface area (Å²) in [5.41, 5.74) is 1.26. The zero-order valence-corrected chi connectivity index (χ0v) is 16.8. The minimum atomic E-state index is 0.321. The minimum Gasteiger partial charge on any atom is -0.454 e. The second kappa shape index (κ2) is 7.90. The first-order valence-corrected chi connectivity index (χ1v) is 10.3. The van der Waals surface area contributed by atoms with Gasteiger partial charge >= 0.3 is 0 Å². The molecule has 1 N–H and O–H groups in total. The van der Waals surface area contributed by atoms with Gasteiger partial charge in [-0.3, -0.25) is 9.89 Å². The van der Waals surface area contributed by atoms with Crippen LogP contribution < -0.4 is 14.8 Å². The van der Waals surface area contributed by atoms with Gasteiger partial charge in [-0.25, -0.2) is 0 Å². The fourth-order valence-electron chi connectivity index (χ4n) is 4.25. The van der Waals surface area contributed by atoms with Crippen LogP contribution in [0.4, 0.5) is 0 Å². The van der Waals surface area contributed by atoms with Gasteiger partial charge in [0.05, 0.1) is 6.54 Å². The highest BCUT2D eigenvalue weighted by atomic mass is 16.7. The van der Waals surface area contributed by atoms with Crippen molar-refractivity contribution in [2.24, 2.45) is 4.99 Å². The maximum atomic E-state index is 5.49. The molecule has 2 aromatic rings. The summed E-state index contributed by atoms with van der Waals surface area (Å²) >= 11 is 0. The van der Waals surface area contributed by atoms with Gasteiger partial charge in [-0.2, -0.15) is 0 Å². The van der Waals surface area contributed by atoms with E-state index in [-0.39, 0.29) is 0 Å². The molecule has 3 aliphatic heterocycles. The lowest BCUT2D eigenvalue weighted by Crippen LogP contribution is -2.52. The zero-order chi connectivity index (χ0) is 19.6. The third kappa shape index (κ3) is 3.74. The van der Waals surface area contributed by atoms with Crippen LogP contribution in [0, 0.1) is 0 Å². The Hall–Kier alpha value is -2.81. The Morgan fingerprint density at radius 1 is 1.10 bits per heavy atom. The Balaban J connectivity index is 1.13. The van der Waals surface area contributed by atoms with Gasteiger partial charge in [0.15, 0.2) is 23.3 Å². The number of guanidine groups is 1. The van der Waals surface area contributed by atoms with Crippen LogP contribution >= 0.6 is 0 Å². The Morgan fingerprint density at radius 3 is 2.83 bits per heavy atom. The van der Waals surface area contributed by atoms with Gasteiger partial charge in [0.2, 0.25) is 6.79 Å². The summed E-state index contributed by atoms with van der Waals surface area (Å²) in [6, 6.07) is 6.21. The second-order valence-electron chi connectivity index (χ2n) is 7.64. The summed E-state index contributed by atoms with van der Waals surface area (Å²) in [6.07, 6.45) is 2.20. The second-order valence-corrected chi connectivity index (χ2v) is 7.64. The fraction of sp³-hybridized carbons (Fsp3) is 0.550. The molecule has 3 aliphatic rings. The molecule has 29 heavy (non-hydrogen) atoms. The number of nitrogens with one attached hydrogen (secondary N) is 1. The van der Waals surface area contributed by atoms with Crippen molar-refractivity contribution >= 4 is 5.96 Å². The van der Waals surface area contributed by atoms with Crippen LogP contribution in [-0.4, -0.2) is 70.5 Å². The first-order chi connectivity index (χ1) is 14.3. The van der Waals surface area contributed by atoms with Gasteiger partial charge in [-0.1, -0.05) is 6.07 Å². The van der Waals surface area contributed by atoms with Crippen molar-refractivity contribution in [1.29, 1.82) is 0 Å². The summed E-state index contributed by atoms with van der Waals surface area (Å²) in [7, 11) is 1.84. The first-order valence-electron chi connectivity index (χ1n) is 10.3. The predicted octanol–water partition coefficient (Wildman–Crippen LogP) is 0.846. The van der Waals surface area contributed by atoms with Gasteiger partial charge in [-0.15, -0.1) is 10.2 Å². The Kier molecular flexibility index (Phi) is 4.97. The molecule has 0 radical (unpaired) electrons. The Morgan fingerprint density at radius 2 is 1.97 bits per heavy atom. The number of ether oxygens (including phenoxy) is 2. The Bertz CT molecular complexity index is 902. The number of aryl methyl sites for hydroxylation is 1. The number of fused-ring (bicyclic) bond motifs is 2. The molecular formula is C20H27N7O2. The van der Waals surface area contributed by atoms with Gasteiger partial charge < -0.3 is 24.3 Å². The van der Waals surface area contributed by atoms with Crippen LogP contribution in [0.25, 0.3) is 0 Å². The van der Waals surface area contributed by atoms with E-state index in [0.29, 0.717) is 13.3 Å². The molecule has 5 rings (SSSR count). The van der Waals surface area contributed by atoms with Crippen LogP contribution in [0.2, 0.25) is 0 Å². The highest BCUT2D eigenvalue weighted by molar-refractivity contribution is 5.79. The maximum Gasteiger partial charge on any atom is 0.231 e. The standard InChI is InChI=1S/C20H27N7O2/c1-21-20(22-12-19-24-23-18-3-2-6-27(18)19)26-9-7-25(8-10-26)13-15-4-5-16-17(11-15)29-14-28-16/h4-5,11H,2-3,6-10,12-14H2,1H3,(H,21,22). The molecule has 0 atom stereocenters. The smallest absolute Gasteiger partial charge is 0.231 e. The van der Waals surface area contributed by atoms with Gasteiger partial charge in [0, 0.05) is 52.7 Å². The fourth-order valence-corrected chi connectivity index (χ4v) is 4.25. The lowest BCUT2D eigenvalue weighted by atomic mass is 10.1. The molecule has 0 bridgehead atoms. The third-order valence-electron chi connectivity index (χ3n) is 5.82. The monoisotopic (exact) mass is 397 g/mol. The van der Waals surface area contributed by atoms with E-state index in [4.69, 9.17) is 9.47 Å². The molecule has 0 saturated carbocycles. The molecule has 4 heterocycles. The van der Waals surface area contributed by atoms with E-state index in [0.717, 1.165) is 81.2 Å². The number of aliphatic imine (C=N–C) groups is 1. The molecular weight excluding hydrogens is 370 g/mol. The normalized spacial score (nSPS) is 18.9. The zero-order valence-electron chi connectivity index (χ0n) is 16.8. The van der Waals surface area contributed by atoms with Crippen molar-refractivity contribution in [2.75, 3.05) is 40.0 Å². The summed E-state index contributed by atoms with van der Waals surface area (Å²) in [4.78, 5) is 9.26. The molecule has 1 fully saturated rings. The van der Waals surface area contributed by atoms with Crippen molar-refractivity contribution in [3.05, 3.63) is 35.4 Å². The van der Waals surface area contributed by atoms with E-state index in [1.165, 1.54) is 5.56 Å². The largest absolute Gasteiger partial charge is 0.454 e. The topological polar surface area (TPSA) is 80.0 Å². The quantitative estimate of drug-likeness (QED) is 0.605. The lowest BCUT2D eigenvalue weighted by molar-refractivity contribution is 0.171. The van der Waals surface area contributed by atoms with E-state index in [2.05, 4.69) is 47.0 Å². The van der Waals surface area contributed by atoms with Gasteiger partial charge in [0.1, 0.15) is 5.82 Å². The molecule has 9 heteroatoms. The van der Waals surface area contributed by atoms with E-state index in [9.17, 15) is 0 Å². The minimum absolute atomic E-state index is 0.321. The summed E-state index contributed by atoms with van der Waals surface area (Å²) in [6.45, 7) is 6.81. The number of nitrogens with zero attached hydrogens (tertiary/aromatic N) is 6. The van der Waals surface area contributed by atoms with Crippen LogP contribution in [0.5, 0.6) is 11.5 Å². The number of rotatable bonds is 4. The van der Waals surface area contributed by atoms with Crippen LogP contribution in [-0.2, 0) is 26.1 Å². The van der Waals surface area contributed by atoms with Crippen molar-refractivity contribution in [1.82, 2.24) is 29.9 Å². The summed E-state index contributed by atoms with van der Waals surface area (Å²) in [5, 5.41) is 12.1. The molecule has 9 nitrogen and oxygen atoms in total. The van der Waals surface area contributed by atoms with E-state index in [1.807, 2.05) is 13.1 Å². The van der Waals surface area contributed by atoms with Gasteiger partial charge in [-0.05, 0) is 24.1 Å². The lowest BCUT2D eigenvalue weighted by Gasteiger charge is -2.36. The number of hydrogen-bond acceptors (Lipinski definition) is 6. The first kappa shape index (κ1) is 18.2. The van der Waals surface area contributed by atoms with E-state index < -0.39 is 0 Å². The van der Waals surface area contributed by atoms with E-state index >= 15 is 0 Å². The summed E-state index contributed by atoms with van der Waals surface area (Å²) < 4.78 is 13.1. The van der Waals surface area contributed by atoms with E-state index in [1.54, 1.807) is 0 Å². The number of hydrogen-bond donors (Lipinski definition) is 1. The molecule has 0 amide bonds. The van der Waals surface area contributed by atoms with Crippen LogP contribution in [0.1, 0.15) is 23.6 Å². The average Bonchev–Trinajstić information content (AvgIpc) is 3.47. The number of aromatic nitrogens is 3. The molecule has 0 aliphatic carbocycles. The highest BCUT2D eigenvalue weighted by Crippen LogP contribution is 2.32. The highest BCUT2D eigenvalue weighted by Gasteiger charge is 2.22. The van der Waals surface area contributed by atoms with Crippen LogP contribution in [0.3, 0.4) is 0 Å². The van der Waals surface area contributed by atoms with Crippen molar-refractivity contribution in [3.8, 4) is 11.5 Å². The molecule has 0 unspecified atom stereocenters. The molecule has 154 valence electrons. The molecule has 0 spiro atoms. The Labute approximate surface area is 170 Å². The predicted molar refractivity (Wildman–Crippen MR) is 108 cm³/mol. The van der Waals surface area contributed by atoms with Crippen molar-refractivity contribution < 1.29 is 9.47 Å². The third-order valence-corrected chi connectivity index (χ3v) is 5.82. The maximum absolute atomic E-state index is 5.49. The van der Waals surface area contributed by atoms with Crippen molar-refractivity contribution in [3.63, 3.8) is 0 Å². The number of piperazine rings is 1. The molecule has 1 aromatic heterocycles. The molecule has 1 aromatic carbocycles. The SMILES string of the molecule is CN=C(NCc1nnc2n1CCC2)N1CCN(Cc2ccc3c(c2)OCO3)CC1. The van der Waals surface area contributed by atoms with Crippen molar-refractivity contribution in [2.45, 2.75) is 32.5 Å².